The zero-order chi connectivity index (χ0) is 44.7. The average Bonchev–Trinajstić information content (AvgIpc) is 3.33. The van der Waals surface area contributed by atoms with Crippen LogP contribution < -0.4 is 18.9 Å². The Balaban J connectivity index is 0.000000191. The molecule has 8 rings (SSSR count). The third-order valence-corrected chi connectivity index (χ3v) is 9.03. The van der Waals surface area contributed by atoms with Crippen LogP contribution in [0.15, 0.2) is 130 Å². The van der Waals surface area contributed by atoms with Gasteiger partial charge in [0.05, 0.1) is 22.2 Å². The van der Waals surface area contributed by atoms with Crippen LogP contribution in [0.2, 0.25) is 10.0 Å². The average molecular weight is 916 g/mol. The first-order valence-corrected chi connectivity index (χ1v) is 19.8. The Morgan fingerprint density at radius 2 is 1.09 bits per heavy atom. The number of para-hydroxylation sites is 4. The van der Waals surface area contributed by atoms with Gasteiger partial charge in [0.1, 0.15) is 61.8 Å². The van der Waals surface area contributed by atoms with Crippen LogP contribution >= 0.6 is 23.2 Å². The van der Waals surface area contributed by atoms with Crippen LogP contribution in [0, 0.1) is 11.6 Å². The van der Waals surface area contributed by atoms with Gasteiger partial charge in [0, 0.05) is 18.5 Å². The van der Waals surface area contributed by atoms with Crippen molar-refractivity contribution in [2.75, 3.05) is 40.2 Å². The number of ether oxygens (including phenoxy) is 6. The summed E-state index contributed by atoms with van der Waals surface area (Å²) in [5.41, 5.74) is 1.36. The Morgan fingerprint density at radius 3 is 1.55 bits per heavy atom. The molecule has 4 heterocycles. The Labute approximate surface area is 373 Å². The number of nitrogens with zero attached hydrogens (tertiary/aromatic N) is 8. The van der Waals surface area contributed by atoms with E-state index in [1.54, 1.807) is 97.1 Å². The molecule has 17 nitrogen and oxygen atoms in total. The molecule has 2 aromatic heterocycles. The van der Waals surface area contributed by atoms with E-state index in [9.17, 15) is 5.11 Å². The van der Waals surface area contributed by atoms with Crippen molar-refractivity contribution in [3.63, 3.8) is 0 Å². The number of oxime groups is 2. The van der Waals surface area contributed by atoms with Crippen LogP contribution in [-0.2, 0) is 19.1 Å². The maximum absolute atomic E-state index is 15.1. The van der Waals surface area contributed by atoms with Gasteiger partial charge < -0.3 is 43.2 Å². The number of aliphatic imine (C=N–C) groups is 2. The summed E-state index contributed by atoms with van der Waals surface area (Å²) in [5, 5.41) is 17.8. The molecular weight excluding hydrogens is 881 g/mol. The fourth-order valence-electron chi connectivity index (χ4n) is 5.59. The van der Waals surface area contributed by atoms with Crippen LogP contribution in [0.4, 0.5) is 8.78 Å². The van der Waals surface area contributed by atoms with Crippen LogP contribution in [-0.4, -0.2) is 88.5 Å². The molecule has 0 atom stereocenters. The Bertz CT molecular complexity index is 2530. The van der Waals surface area contributed by atoms with Crippen LogP contribution in [0.3, 0.4) is 0 Å². The fourth-order valence-corrected chi connectivity index (χ4v) is 5.94. The van der Waals surface area contributed by atoms with Crippen LogP contribution in [0.1, 0.15) is 17.5 Å². The Kier molecular flexibility index (Phi) is 15.4. The number of aromatic nitrogens is 4. The van der Waals surface area contributed by atoms with Gasteiger partial charge in [0.15, 0.2) is 12.3 Å². The molecule has 6 aromatic rings. The predicted octanol–water partition coefficient (Wildman–Crippen LogP) is 8.98. The maximum atomic E-state index is 15.1. The standard InChI is InChI=1S/C22H18ClFN4O4.C21H16ClFN4O5/c23-15-7-2-4-9-17(15)32-21-18(24)20(26-12-27-21)31-16-8-3-1-6-14(16)19(28-13-29)22-25-10-5-11-30-22;1-28-26-18(21-27-30-11-10-29-21)13-6-2-4-8-15(13)31-19-17(23)20(25-12-24-19)32-16-9-5-3-7-14(16)22/h1-4,6-9,12,29H,5,10-11,13H2;2-9,12H,10-11H2,1H3/b;26-18-. The first-order valence-electron chi connectivity index (χ1n) is 19.0. The summed E-state index contributed by atoms with van der Waals surface area (Å²) in [7, 11) is 1.37. The normalized spacial score (nSPS) is 13.7. The first-order chi connectivity index (χ1) is 31.3. The zero-order valence-corrected chi connectivity index (χ0v) is 34.9. The number of benzene rings is 4. The number of rotatable bonds is 14. The van der Waals surface area contributed by atoms with Crippen molar-refractivity contribution < 1.29 is 52.0 Å². The minimum absolute atomic E-state index is 0.0973. The summed E-state index contributed by atoms with van der Waals surface area (Å²) < 4.78 is 63.7. The van der Waals surface area contributed by atoms with Crippen molar-refractivity contribution in [1.29, 1.82) is 0 Å². The molecule has 0 radical (unpaired) electrons. The van der Waals surface area contributed by atoms with Gasteiger partial charge in [0.2, 0.25) is 17.5 Å². The van der Waals surface area contributed by atoms with Crippen LogP contribution in [0.5, 0.6) is 46.5 Å². The van der Waals surface area contributed by atoms with E-state index in [1.165, 1.54) is 7.11 Å². The van der Waals surface area contributed by atoms with Gasteiger partial charge in [-0.25, -0.2) is 4.99 Å². The van der Waals surface area contributed by atoms with Crippen LogP contribution in [0.25, 0.3) is 0 Å². The topological polar surface area (TPSA) is 195 Å². The van der Waals surface area contributed by atoms with Crippen molar-refractivity contribution in [3.05, 3.63) is 143 Å². The summed E-state index contributed by atoms with van der Waals surface area (Å²) in [5.74, 6) is -1.94. The molecule has 0 saturated heterocycles. The second kappa shape index (κ2) is 22.0. The minimum Gasteiger partial charge on any atom is -0.476 e. The molecule has 328 valence electrons. The van der Waals surface area contributed by atoms with E-state index >= 15 is 8.78 Å². The summed E-state index contributed by atoms with van der Waals surface area (Å²) in [4.78, 5) is 33.8. The highest BCUT2D eigenvalue weighted by Gasteiger charge is 2.25. The van der Waals surface area contributed by atoms with Crippen molar-refractivity contribution in [1.82, 2.24) is 19.9 Å². The summed E-state index contributed by atoms with van der Waals surface area (Å²) in [6, 6.07) is 26.7. The largest absolute Gasteiger partial charge is 0.476 e. The first kappa shape index (κ1) is 44.6. The van der Waals surface area contributed by atoms with E-state index in [2.05, 4.69) is 40.2 Å². The molecule has 0 unspecified atom stereocenters. The van der Waals surface area contributed by atoms with E-state index in [0.717, 1.165) is 19.1 Å². The van der Waals surface area contributed by atoms with E-state index in [4.69, 9.17) is 61.3 Å². The Morgan fingerprint density at radius 1 is 0.625 bits per heavy atom. The molecule has 0 saturated carbocycles. The number of hydrogen-bond donors (Lipinski definition) is 1. The fraction of sp³-hybridized carbons (Fsp3) is 0.163. The van der Waals surface area contributed by atoms with Crippen molar-refractivity contribution in [2.45, 2.75) is 6.42 Å². The molecule has 21 heteroatoms. The number of aliphatic hydroxyl groups excluding tert-OH is 1. The molecule has 0 spiro atoms. The van der Waals surface area contributed by atoms with Gasteiger partial charge in [-0.15, -0.1) is 0 Å². The molecule has 0 amide bonds. The van der Waals surface area contributed by atoms with Gasteiger partial charge in [-0.3, -0.25) is 4.99 Å². The molecule has 1 N–H and O–H groups in total. The summed E-state index contributed by atoms with van der Waals surface area (Å²) >= 11 is 12.2. The van der Waals surface area contributed by atoms with E-state index in [-0.39, 0.29) is 70.6 Å². The molecule has 0 bridgehead atoms. The van der Waals surface area contributed by atoms with Gasteiger partial charge in [-0.1, -0.05) is 76.9 Å². The molecule has 64 heavy (non-hydrogen) atoms. The molecule has 4 aromatic carbocycles. The third-order valence-electron chi connectivity index (χ3n) is 8.41. The monoisotopic (exact) mass is 914 g/mol. The maximum Gasteiger partial charge on any atom is 0.280 e. The Hall–Kier alpha value is -7.48. The van der Waals surface area contributed by atoms with Gasteiger partial charge >= 0.3 is 0 Å². The van der Waals surface area contributed by atoms with Gasteiger partial charge in [0.25, 0.3) is 29.4 Å². The van der Waals surface area contributed by atoms with Crippen molar-refractivity contribution in [2.24, 2.45) is 20.3 Å². The lowest BCUT2D eigenvalue weighted by Crippen LogP contribution is -2.25. The molecule has 2 aliphatic heterocycles. The number of hydrogen-bond acceptors (Lipinski definition) is 17. The zero-order valence-electron chi connectivity index (χ0n) is 33.4. The number of halogens is 4. The van der Waals surface area contributed by atoms with Gasteiger partial charge in [-0.05, 0) is 53.7 Å². The highest BCUT2D eigenvalue weighted by atomic mass is 35.5. The lowest BCUT2D eigenvalue weighted by atomic mass is 10.1. The van der Waals surface area contributed by atoms with E-state index in [1.807, 2.05) is 0 Å². The smallest absolute Gasteiger partial charge is 0.280 e. The second-order valence-corrected chi connectivity index (χ2v) is 13.4. The summed E-state index contributed by atoms with van der Waals surface area (Å²) in [6.45, 7) is 1.17. The lowest BCUT2D eigenvalue weighted by Gasteiger charge is -2.18. The summed E-state index contributed by atoms with van der Waals surface area (Å²) in [6.07, 6.45) is 3.01. The van der Waals surface area contributed by atoms with Crippen molar-refractivity contribution >= 4 is 46.4 Å². The van der Waals surface area contributed by atoms with E-state index in [0.29, 0.717) is 46.6 Å². The quantitative estimate of drug-likeness (QED) is 0.0804. The highest BCUT2D eigenvalue weighted by molar-refractivity contribution is 6.46. The van der Waals surface area contributed by atoms with Crippen molar-refractivity contribution in [3.8, 4) is 46.5 Å². The van der Waals surface area contributed by atoms with Gasteiger partial charge in [-0.2, -0.15) is 28.7 Å². The molecule has 0 aliphatic carbocycles. The van der Waals surface area contributed by atoms with E-state index < -0.39 is 18.4 Å². The SMILES string of the molecule is CO/N=C(\C1=NOCCO1)c1ccccc1Oc1ncnc(Oc2ccccc2Cl)c1F.OCN=C(C1=NCCCO1)c1ccccc1Oc1ncnc(Oc2ccccc2Cl)c1F. The minimum atomic E-state index is -0.915. The predicted molar refractivity (Wildman–Crippen MR) is 229 cm³/mol. The second-order valence-electron chi connectivity index (χ2n) is 12.6. The lowest BCUT2D eigenvalue weighted by molar-refractivity contribution is 0.0672. The third kappa shape index (κ3) is 11.1. The number of aliphatic hydroxyl groups is 1. The molecular formula is C43H34Cl2F2N8O9. The highest BCUT2D eigenvalue weighted by Crippen LogP contribution is 2.36. The molecule has 2 aliphatic rings. The molecule has 0 fully saturated rings.